The fourth-order valence-electron chi connectivity index (χ4n) is 4.67. The minimum Gasteiger partial charge on any atom is -0.393 e. The zero-order valence-electron chi connectivity index (χ0n) is 18.6. The Kier molecular flexibility index (Phi) is 4.62. The molecule has 0 atom stereocenters. The van der Waals surface area contributed by atoms with Crippen molar-refractivity contribution < 1.29 is 5.11 Å². The van der Waals surface area contributed by atoms with Crippen LogP contribution in [-0.2, 0) is 5.54 Å². The van der Waals surface area contributed by atoms with Gasteiger partial charge in [0.15, 0.2) is 11.3 Å². The van der Waals surface area contributed by atoms with E-state index in [0.29, 0.717) is 18.8 Å². The lowest BCUT2D eigenvalue weighted by molar-refractivity contribution is 0.0209. The molecule has 166 valence electrons. The third-order valence-electron chi connectivity index (χ3n) is 6.63. The predicted molar refractivity (Wildman–Crippen MR) is 132 cm³/mol. The van der Waals surface area contributed by atoms with Gasteiger partial charge in [-0.25, -0.2) is 9.97 Å². The quantitative estimate of drug-likeness (QED) is 0.393. The molecule has 0 saturated heterocycles. The molecule has 0 aliphatic heterocycles. The van der Waals surface area contributed by atoms with Gasteiger partial charge in [0, 0.05) is 34.3 Å². The van der Waals surface area contributed by atoms with Crippen molar-refractivity contribution in [1.29, 1.82) is 0 Å². The van der Waals surface area contributed by atoms with Crippen molar-refractivity contribution in [2.75, 3.05) is 0 Å². The molecule has 4 heterocycles. The smallest absolute Gasteiger partial charge is 0.165 e. The van der Waals surface area contributed by atoms with E-state index in [1.54, 1.807) is 11.3 Å². The third-order valence-corrected chi connectivity index (χ3v) is 7.32. The van der Waals surface area contributed by atoms with Gasteiger partial charge in [0.25, 0.3) is 0 Å². The first-order chi connectivity index (χ1) is 15.9. The van der Waals surface area contributed by atoms with Crippen LogP contribution in [0.4, 0.5) is 0 Å². The van der Waals surface area contributed by atoms with E-state index in [1.165, 1.54) is 0 Å². The predicted octanol–water partition coefficient (Wildman–Crippen LogP) is 5.11. The van der Waals surface area contributed by atoms with Crippen LogP contribution in [0.2, 0.25) is 0 Å². The Morgan fingerprint density at radius 1 is 1.12 bits per heavy atom. The van der Waals surface area contributed by atoms with Crippen LogP contribution in [0.1, 0.15) is 43.9 Å². The molecule has 0 unspecified atom stereocenters. The van der Waals surface area contributed by atoms with E-state index in [4.69, 9.17) is 15.8 Å². The molecule has 0 amide bonds. The normalized spacial score (nSPS) is 20.6. The fourth-order valence-corrected chi connectivity index (χ4v) is 5.33. The Morgan fingerprint density at radius 2 is 1.91 bits per heavy atom. The van der Waals surface area contributed by atoms with E-state index >= 15 is 0 Å². The minimum absolute atomic E-state index is 0.303. The van der Waals surface area contributed by atoms with Gasteiger partial charge in [0.1, 0.15) is 0 Å². The molecule has 0 bridgehead atoms. The summed E-state index contributed by atoms with van der Waals surface area (Å²) in [5.74, 6) is 0.312. The minimum atomic E-state index is -0.439. The van der Waals surface area contributed by atoms with E-state index in [-0.39, 0.29) is 6.10 Å². The van der Waals surface area contributed by atoms with Gasteiger partial charge >= 0.3 is 0 Å². The maximum Gasteiger partial charge on any atom is 0.165 e. The van der Waals surface area contributed by atoms with Crippen LogP contribution in [0, 0.1) is 0 Å². The van der Waals surface area contributed by atoms with E-state index < -0.39 is 5.54 Å². The van der Waals surface area contributed by atoms with Gasteiger partial charge < -0.3 is 10.8 Å². The van der Waals surface area contributed by atoms with Crippen molar-refractivity contribution in [2.24, 2.45) is 5.73 Å². The van der Waals surface area contributed by atoms with Crippen molar-refractivity contribution in [2.45, 2.75) is 44.2 Å². The van der Waals surface area contributed by atoms with Crippen LogP contribution < -0.4 is 5.73 Å². The van der Waals surface area contributed by atoms with Gasteiger partial charge in [-0.2, -0.15) is 21.0 Å². The number of fused-ring (bicyclic) bond motifs is 3. The van der Waals surface area contributed by atoms with Crippen LogP contribution in [0.25, 0.3) is 39.1 Å². The van der Waals surface area contributed by atoms with Gasteiger partial charge in [-0.1, -0.05) is 38.1 Å². The number of nitrogens with zero attached hydrogens (tertiary/aromatic N) is 4. The first-order valence-electron chi connectivity index (χ1n) is 11.2. The number of thiophene rings is 1. The molecule has 6 rings (SSSR count). The monoisotopic (exact) mass is 455 g/mol. The highest BCUT2D eigenvalue weighted by molar-refractivity contribution is 7.08. The van der Waals surface area contributed by atoms with Gasteiger partial charge in [0.2, 0.25) is 0 Å². The molecule has 1 aliphatic carbocycles. The number of hydrogen-bond donors (Lipinski definition) is 2. The number of hydrogen-bond acceptors (Lipinski definition) is 6. The van der Waals surface area contributed by atoms with Crippen molar-refractivity contribution in [3.8, 4) is 22.4 Å². The van der Waals surface area contributed by atoms with E-state index in [0.717, 1.165) is 50.3 Å². The van der Waals surface area contributed by atoms with Gasteiger partial charge in [-0.05, 0) is 52.8 Å². The number of aliphatic hydroxyl groups is 1. The van der Waals surface area contributed by atoms with Crippen molar-refractivity contribution in [3.05, 3.63) is 70.7 Å². The summed E-state index contributed by atoms with van der Waals surface area (Å²) in [4.78, 5) is 9.76. The fraction of sp³-hybridized carbons (Fsp3) is 0.269. The molecule has 1 fully saturated rings. The summed E-state index contributed by atoms with van der Waals surface area (Å²) in [6.07, 6.45) is 2.78. The number of nitrogens with two attached hydrogens (primary N) is 1. The summed E-state index contributed by atoms with van der Waals surface area (Å²) >= 11 is 1.67. The lowest BCUT2D eigenvalue weighted by atomic mass is 9.70. The molecule has 6 nitrogen and oxygen atoms in total. The van der Waals surface area contributed by atoms with Crippen LogP contribution in [0.3, 0.4) is 0 Å². The Hall–Kier alpha value is -3.13. The Labute approximate surface area is 195 Å². The summed E-state index contributed by atoms with van der Waals surface area (Å²) in [6.45, 7) is 4.26. The number of benzene rings is 1. The second-order valence-corrected chi connectivity index (χ2v) is 10.1. The molecule has 5 aromatic rings. The highest BCUT2D eigenvalue weighted by Gasteiger charge is 2.41. The van der Waals surface area contributed by atoms with Crippen molar-refractivity contribution >= 4 is 28.0 Å². The lowest BCUT2D eigenvalue weighted by Crippen LogP contribution is -2.51. The highest BCUT2D eigenvalue weighted by atomic mass is 32.1. The van der Waals surface area contributed by atoms with Crippen molar-refractivity contribution in [1.82, 2.24) is 19.6 Å². The molecule has 4 aromatic heterocycles. The van der Waals surface area contributed by atoms with Crippen molar-refractivity contribution in [3.63, 3.8) is 0 Å². The summed E-state index contributed by atoms with van der Waals surface area (Å²) < 4.78 is 1.85. The number of rotatable bonds is 4. The number of aliphatic hydroxyl groups excluding tert-OH is 1. The van der Waals surface area contributed by atoms with Gasteiger partial charge in [-0.3, -0.25) is 0 Å². The number of aromatic nitrogens is 4. The van der Waals surface area contributed by atoms with Crippen LogP contribution in [0.15, 0.2) is 59.4 Å². The zero-order valence-corrected chi connectivity index (χ0v) is 19.4. The molecule has 7 heteroatoms. The average Bonchev–Trinajstić information content (AvgIpc) is 3.47. The molecule has 0 radical (unpaired) electrons. The third kappa shape index (κ3) is 3.35. The maximum atomic E-state index is 9.74. The van der Waals surface area contributed by atoms with Gasteiger partial charge in [-0.15, -0.1) is 0 Å². The van der Waals surface area contributed by atoms with E-state index in [2.05, 4.69) is 66.0 Å². The van der Waals surface area contributed by atoms with Gasteiger partial charge in [0.05, 0.1) is 17.5 Å². The lowest BCUT2D eigenvalue weighted by Gasteiger charge is -2.42. The number of pyridine rings is 1. The summed E-state index contributed by atoms with van der Waals surface area (Å²) in [5, 5.41) is 19.7. The Morgan fingerprint density at radius 3 is 2.58 bits per heavy atom. The Balaban J connectivity index is 1.54. The van der Waals surface area contributed by atoms with Crippen LogP contribution in [-0.4, -0.2) is 30.8 Å². The van der Waals surface area contributed by atoms with Crippen LogP contribution >= 0.6 is 11.3 Å². The summed E-state index contributed by atoms with van der Waals surface area (Å²) in [6, 6.07) is 14.6. The summed E-state index contributed by atoms with van der Waals surface area (Å²) in [7, 11) is 0. The second-order valence-electron chi connectivity index (χ2n) is 9.36. The maximum absolute atomic E-state index is 9.74. The SMILES string of the molecule is CC(C)c1cc2ncc3cc(-c4ccsc4)c(-c4ccc([C@]5(N)C[C@H](O)C5)cc4)nc3n2n1. The van der Waals surface area contributed by atoms with E-state index in [1.807, 2.05) is 16.8 Å². The topological polar surface area (TPSA) is 89.3 Å². The molecular formula is C26H25N5OS. The molecule has 1 saturated carbocycles. The average molecular weight is 456 g/mol. The molecule has 0 spiro atoms. The standard InChI is InChI=1S/C26H25N5OS/c1-15(2)22-10-23-28-13-18-9-21(17-7-8-33-14-17)24(29-25(18)31(23)30-22)16-3-5-19(6-4-16)26(27)11-20(32)12-26/h3-10,13-15,20,32H,11-12,27H2,1-2H3/t20-,26-. The largest absolute Gasteiger partial charge is 0.393 e. The van der Waals surface area contributed by atoms with E-state index in [9.17, 15) is 5.11 Å². The zero-order chi connectivity index (χ0) is 22.7. The summed E-state index contributed by atoms with van der Waals surface area (Å²) in [5.41, 5.74) is 13.8. The molecular weight excluding hydrogens is 430 g/mol. The molecule has 1 aromatic carbocycles. The molecule has 33 heavy (non-hydrogen) atoms. The second kappa shape index (κ2) is 7.45. The molecule has 3 N–H and O–H groups in total. The first-order valence-corrected chi connectivity index (χ1v) is 12.2. The van der Waals surface area contributed by atoms with Crippen LogP contribution in [0.5, 0.6) is 0 Å². The highest BCUT2D eigenvalue weighted by Crippen LogP contribution is 2.40. The molecule has 1 aliphatic rings. The first kappa shape index (κ1) is 20.5. The Bertz CT molecular complexity index is 1460.